The number of aromatic nitrogens is 1. The molecule has 4 aromatic rings. The zero-order chi connectivity index (χ0) is 36.2. The SMILES string of the molecule is Cc1c(CCCCN2CCCC2)cccc1-c1cccc(COc2cc(OCc3cncc(C#N)c3)c(CNC(CO)(CO)CO)cc2Cl)c1C. The lowest BCUT2D eigenvalue weighted by Gasteiger charge is -2.29. The first kappa shape index (κ1) is 38.2. The van der Waals surface area contributed by atoms with Gasteiger partial charge in [0, 0.05) is 36.1 Å². The van der Waals surface area contributed by atoms with Crippen LogP contribution in [0, 0.1) is 25.2 Å². The van der Waals surface area contributed by atoms with Crippen LogP contribution in [0.2, 0.25) is 5.02 Å². The van der Waals surface area contributed by atoms with Crippen molar-refractivity contribution in [1.29, 1.82) is 5.26 Å². The predicted octanol–water partition coefficient (Wildman–Crippen LogP) is 6.27. The minimum atomic E-state index is -1.29. The number of halogens is 1. The molecule has 5 rings (SSSR count). The molecule has 4 N–H and O–H groups in total. The molecule has 1 saturated heterocycles. The van der Waals surface area contributed by atoms with Crippen molar-refractivity contribution in [3.05, 3.63) is 111 Å². The topological polar surface area (TPSA) is 131 Å². The smallest absolute Gasteiger partial charge is 0.142 e. The Labute approximate surface area is 306 Å². The van der Waals surface area contributed by atoms with Crippen LogP contribution in [-0.4, -0.2) is 70.2 Å². The van der Waals surface area contributed by atoms with E-state index in [1.54, 1.807) is 24.4 Å². The Hall–Kier alpha value is -4.01. The average Bonchev–Trinajstić information content (AvgIpc) is 3.68. The summed E-state index contributed by atoms with van der Waals surface area (Å²) in [7, 11) is 0. The van der Waals surface area contributed by atoms with Crippen LogP contribution in [0.3, 0.4) is 0 Å². The minimum absolute atomic E-state index is 0.125. The predicted molar refractivity (Wildman–Crippen MR) is 200 cm³/mol. The number of aryl methyl sites for hydroxylation is 1. The number of aliphatic hydroxyl groups excluding tert-OH is 3. The first-order valence-electron chi connectivity index (χ1n) is 17.7. The second-order valence-corrected chi connectivity index (χ2v) is 13.9. The number of nitrogens with one attached hydrogen (secondary N) is 1. The van der Waals surface area contributed by atoms with Gasteiger partial charge in [-0.05, 0) is 111 Å². The van der Waals surface area contributed by atoms with Gasteiger partial charge in [0.15, 0.2) is 0 Å². The first-order chi connectivity index (χ1) is 24.8. The molecule has 51 heavy (non-hydrogen) atoms. The summed E-state index contributed by atoms with van der Waals surface area (Å²) in [4.78, 5) is 6.70. The van der Waals surface area contributed by atoms with Crippen molar-refractivity contribution in [1.82, 2.24) is 15.2 Å². The molecule has 0 bridgehead atoms. The van der Waals surface area contributed by atoms with Crippen LogP contribution in [0.15, 0.2) is 67.0 Å². The average molecular weight is 713 g/mol. The molecule has 2 heterocycles. The van der Waals surface area contributed by atoms with Gasteiger partial charge in [-0.1, -0.05) is 48.0 Å². The highest BCUT2D eigenvalue weighted by Gasteiger charge is 2.28. The fraction of sp³-hybridized carbons (Fsp3) is 0.415. The van der Waals surface area contributed by atoms with Crippen LogP contribution in [0.5, 0.6) is 11.5 Å². The molecule has 1 aromatic heterocycles. The highest BCUT2D eigenvalue weighted by Crippen LogP contribution is 2.36. The van der Waals surface area contributed by atoms with Crippen molar-refractivity contribution < 1.29 is 24.8 Å². The number of nitriles is 1. The molecule has 10 heteroatoms. The Morgan fingerprint density at radius 1 is 0.843 bits per heavy atom. The molecule has 270 valence electrons. The molecule has 0 unspecified atom stereocenters. The van der Waals surface area contributed by atoms with E-state index in [-0.39, 0.29) is 19.8 Å². The first-order valence-corrected chi connectivity index (χ1v) is 18.1. The lowest BCUT2D eigenvalue weighted by atomic mass is 9.90. The van der Waals surface area contributed by atoms with Gasteiger partial charge in [-0.2, -0.15) is 5.26 Å². The van der Waals surface area contributed by atoms with Crippen LogP contribution >= 0.6 is 11.6 Å². The summed E-state index contributed by atoms with van der Waals surface area (Å²) in [5.74, 6) is 0.874. The van der Waals surface area contributed by atoms with Gasteiger partial charge >= 0.3 is 0 Å². The largest absolute Gasteiger partial charge is 0.488 e. The third-order valence-electron chi connectivity index (χ3n) is 9.93. The quantitative estimate of drug-likeness (QED) is 0.0882. The van der Waals surface area contributed by atoms with Gasteiger partial charge < -0.3 is 35.0 Å². The molecule has 0 spiro atoms. The zero-order valence-electron chi connectivity index (χ0n) is 29.6. The highest BCUT2D eigenvalue weighted by molar-refractivity contribution is 6.32. The Morgan fingerprint density at radius 3 is 2.20 bits per heavy atom. The third-order valence-corrected chi connectivity index (χ3v) is 10.2. The number of rotatable bonds is 18. The molecule has 0 radical (unpaired) electrons. The van der Waals surface area contributed by atoms with E-state index in [4.69, 9.17) is 21.1 Å². The number of ether oxygens (including phenoxy) is 2. The molecule has 1 aliphatic rings. The maximum atomic E-state index is 9.83. The number of pyridine rings is 1. The normalized spacial score (nSPS) is 13.4. The van der Waals surface area contributed by atoms with Crippen molar-refractivity contribution in [3.63, 3.8) is 0 Å². The monoisotopic (exact) mass is 712 g/mol. The Morgan fingerprint density at radius 2 is 1.51 bits per heavy atom. The van der Waals surface area contributed by atoms with Crippen LogP contribution in [-0.2, 0) is 26.2 Å². The summed E-state index contributed by atoms with van der Waals surface area (Å²) in [6.45, 7) is 7.16. The molecule has 0 atom stereocenters. The lowest BCUT2D eigenvalue weighted by Crippen LogP contribution is -2.54. The summed E-state index contributed by atoms with van der Waals surface area (Å²) in [5.41, 5.74) is 7.75. The van der Waals surface area contributed by atoms with Crippen LogP contribution in [0.4, 0.5) is 0 Å². The zero-order valence-corrected chi connectivity index (χ0v) is 30.4. The molecule has 0 aliphatic carbocycles. The van der Waals surface area contributed by atoms with Gasteiger partial charge in [-0.15, -0.1) is 0 Å². The Bertz CT molecular complexity index is 1790. The van der Waals surface area contributed by atoms with Gasteiger partial charge in [-0.3, -0.25) is 4.98 Å². The standard InChI is InChI=1S/C41H49ClN4O5/c1-29-33(9-3-4-14-46-15-5-6-16-46)10-7-12-36(29)37-13-8-11-34(30(37)2)25-51-40-19-39(50-24-32-17-31(20-43)21-44-22-32)35(18-38(40)42)23-45-41(26-47,27-48)28-49/h7-8,10-13,17-19,21-22,45,47-49H,3-6,9,14-16,23-28H2,1-2H3. The van der Waals surface area contributed by atoms with E-state index >= 15 is 0 Å². The van der Waals surface area contributed by atoms with E-state index in [0.717, 1.165) is 17.5 Å². The number of hydrogen-bond acceptors (Lipinski definition) is 9. The minimum Gasteiger partial charge on any atom is -0.488 e. The van der Waals surface area contributed by atoms with Crippen molar-refractivity contribution in [3.8, 4) is 28.7 Å². The molecule has 3 aromatic carbocycles. The van der Waals surface area contributed by atoms with Crippen LogP contribution < -0.4 is 14.8 Å². The third kappa shape index (κ3) is 9.86. The van der Waals surface area contributed by atoms with Crippen molar-refractivity contribution >= 4 is 11.6 Å². The molecule has 1 aliphatic heterocycles. The summed E-state index contributed by atoms with van der Waals surface area (Å²) in [6.07, 6.45) is 9.26. The summed E-state index contributed by atoms with van der Waals surface area (Å²) < 4.78 is 12.5. The number of likely N-dealkylation sites (tertiary alicyclic amines) is 1. The van der Waals surface area contributed by atoms with Crippen molar-refractivity contribution in [2.24, 2.45) is 0 Å². The maximum absolute atomic E-state index is 9.83. The summed E-state index contributed by atoms with van der Waals surface area (Å²) >= 11 is 6.76. The number of benzene rings is 3. The van der Waals surface area contributed by atoms with Gasteiger partial charge in [0.1, 0.15) is 30.8 Å². The number of hydrogen-bond donors (Lipinski definition) is 4. The fourth-order valence-corrected chi connectivity index (χ4v) is 6.78. The van der Waals surface area contributed by atoms with E-state index < -0.39 is 25.4 Å². The molecular formula is C41H49ClN4O5. The van der Waals surface area contributed by atoms with Crippen molar-refractivity contribution in [2.45, 2.75) is 71.2 Å². The van der Waals surface area contributed by atoms with Gasteiger partial charge in [0.25, 0.3) is 0 Å². The van der Waals surface area contributed by atoms with Gasteiger partial charge in [0.2, 0.25) is 0 Å². The number of nitrogens with zero attached hydrogens (tertiary/aromatic N) is 3. The number of unbranched alkanes of at least 4 members (excludes halogenated alkanes) is 1. The van der Waals surface area contributed by atoms with E-state index in [1.807, 2.05) is 0 Å². The molecule has 1 fully saturated rings. The second kappa shape index (κ2) is 18.5. The van der Waals surface area contributed by atoms with Crippen LogP contribution in [0.1, 0.15) is 64.6 Å². The Balaban J connectivity index is 1.33. The number of aliphatic hydroxyl groups is 3. The van der Waals surface area contributed by atoms with Crippen LogP contribution in [0.25, 0.3) is 11.1 Å². The molecule has 0 amide bonds. The molecular weight excluding hydrogens is 664 g/mol. The summed E-state index contributed by atoms with van der Waals surface area (Å²) in [5, 5.41) is 42.2. The van der Waals surface area contributed by atoms with E-state index in [0.29, 0.717) is 33.2 Å². The second-order valence-electron chi connectivity index (χ2n) is 13.5. The van der Waals surface area contributed by atoms with Gasteiger partial charge in [-0.25, -0.2) is 0 Å². The fourth-order valence-electron chi connectivity index (χ4n) is 6.54. The lowest BCUT2D eigenvalue weighted by molar-refractivity contribution is 0.0412. The van der Waals surface area contributed by atoms with E-state index in [1.165, 1.54) is 73.8 Å². The highest BCUT2D eigenvalue weighted by atomic mass is 35.5. The van der Waals surface area contributed by atoms with Crippen molar-refractivity contribution in [2.75, 3.05) is 39.5 Å². The van der Waals surface area contributed by atoms with Gasteiger partial charge in [0.05, 0.1) is 35.9 Å². The maximum Gasteiger partial charge on any atom is 0.142 e. The summed E-state index contributed by atoms with van der Waals surface area (Å²) in [6, 6.07) is 20.1. The Kier molecular flexibility index (Phi) is 13.8. The molecule has 9 nitrogen and oxygen atoms in total. The molecule has 0 saturated carbocycles. The van der Waals surface area contributed by atoms with E-state index in [2.05, 4.69) is 71.5 Å². The van der Waals surface area contributed by atoms with E-state index in [9.17, 15) is 20.6 Å².